The smallest absolute Gasteiger partial charge is 0.329 e. The van der Waals surface area contributed by atoms with Crippen LogP contribution >= 0.6 is 11.8 Å². The Balaban J connectivity index is 1.89. The second-order valence-electron chi connectivity index (χ2n) is 5.77. The first-order valence-corrected chi connectivity index (χ1v) is 9.88. The number of hydrogen-bond donors (Lipinski definition) is 1. The van der Waals surface area contributed by atoms with Crippen molar-refractivity contribution in [1.82, 2.24) is 10.2 Å². The number of thioether (sulfide) groups is 1. The molecule has 1 aliphatic rings. The van der Waals surface area contributed by atoms with Gasteiger partial charge in [-0.1, -0.05) is 18.2 Å². The average Bonchev–Trinajstić information content (AvgIpc) is 2.70. The lowest BCUT2D eigenvalue weighted by molar-refractivity contribution is -0.155. The Morgan fingerprint density at radius 2 is 1.92 bits per heavy atom. The van der Waals surface area contributed by atoms with Gasteiger partial charge in [-0.3, -0.25) is 9.59 Å². The molecule has 0 saturated carbocycles. The van der Waals surface area contributed by atoms with E-state index in [9.17, 15) is 14.4 Å². The fourth-order valence-corrected chi connectivity index (χ4v) is 2.92. The fourth-order valence-electron chi connectivity index (χ4n) is 2.45. The molecule has 0 aromatic heterocycles. The fraction of sp³-hybridized carbons (Fsp3) is 0.500. The van der Waals surface area contributed by atoms with Gasteiger partial charge in [0.1, 0.15) is 6.04 Å². The highest BCUT2D eigenvalue weighted by Crippen LogP contribution is 2.06. The molecule has 1 aliphatic heterocycles. The van der Waals surface area contributed by atoms with Crippen molar-refractivity contribution in [3.63, 3.8) is 0 Å². The number of nitrogens with one attached hydrogen (secondary N) is 1. The maximum atomic E-state index is 12.4. The highest BCUT2D eigenvalue weighted by molar-refractivity contribution is 7.98. The Kier molecular flexibility index (Phi) is 8.43. The molecule has 1 fully saturated rings. The van der Waals surface area contributed by atoms with Crippen LogP contribution in [0.3, 0.4) is 0 Å². The number of esters is 1. The molecular formula is C18H24N2O5S. The van der Waals surface area contributed by atoms with Crippen LogP contribution in [0.15, 0.2) is 30.3 Å². The van der Waals surface area contributed by atoms with Crippen LogP contribution in [-0.4, -0.2) is 73.6 Å². The van der Waals surface area contributed by atoms with Crippen molar-refractivity contribution in [1.29, 1.82) is 0 Å². The van der Waals surface area contributed by atoms with Gasteiger partial charge in [-0.2, -0.15) is 11.8 Å². The third kappa shape index (κ3) is 6.34. The van der Waals surface area contributed by atoms with Crippen molar-refractivity contribution in [3.8, 4) is 0 Å². The number of morpholine rings is 1. The SMILES string of the molecule is CSCC[C@H](NC(=O)c1ccccc1)C(=O)OCC(=O)N1CCOCC1. The molecule has 0 aliphatic carbocycles. The van der Waals surface area contributed by atoms with Crippen LogP contribution in [-0.2, 0) is 19.1 Å². The largest absolute Gasteiger partial charge is 0.454 e. The number of amides is 2. The summed E-state index contributed by atoms with van der Waals surface area (Å²) in [7, 11) is 0. The topological polar surface area (TPSA) is 84.9 Å². The molecular weight excluding hydrogens is 356 g/mol. The van der Waals surface area contributed by atoms with E-state index in [-0.39, 0.29) is 18.4 Å². The Morgan fingerprint density at radius 3 is 2.58 bits per heavy atom. The summed E-state index contributed by atoms with van der Waals surface area (Å²) < 4.78 is 10.4. The van der Waals surface area contributed by atoms with Crippen molar-refractivity contribution in [2.45, 2.75) is 12.5 Å². The molecule has 1 heterocycles. The molecule has 0 spiro atoms. The minimum Gasteiger partial charge on any atom is -0.454 e. The minimum atomic E-state index is -0.785. The summed E-state index contributed by atoms with van der Waals surface area (Å²) in [6.45, 7) is 1.65. The number of nitrogens with zero attached hydrogens (tertiary/aromatic N) is 1. The van der Waals surface area contributed by atoms with Crippen LogP contribution in [0.5, 0.6) is 0 Å². The van der Waals surface area contributed by atoms with Crippen LogP contribution < -0.4 is 5.32 Å². The first-order chi connectivity index (χ1) is 12.6. The predicted octanol–water partition coefficient (Wildman–Crippen LogP) is 0.940. The number of benzene rings is 1. The molecule has 7 nitrogen and oxygen atoms in total. The van der Waals surface area contributed by atoms with E-state index in [1.807, 2.05) is 12.3 Å². The third-order valence-corrected chi connectivity index (χ3v) is 4.58. The van der Waals surface area contributed by atoms with Gasteiger partial charge in [-0.05, 0) is 30.6 Å². The van der Waals surface area contributed by atoms with Gasteiger partial charge < -0.3 is 19.7 Å². The summed E-state index contributed by atoms with van der Waals surface area (Å²) in [5.74, 6) is -0.496. The minimum absolute atomic E-state index is 0.250. The lowest BCUT2D eigenvalue weighted by Gasteiger charge is -2.27. The number of carbonyl (C=O) groups is 3. The molecule has 1 N–H and O–H groups in total. The van der Waals surface area contributed by atoms with Crippen molar-refractivity contribution in [2.75, 3.05) is 44.9 Å². The molecule has 1 saturated heterocycles. The van der Waals surface area contributed by atoms with Gasteiger partial charge in [0.05, 0.1) is 13.2 Å². The summed E-state index contributed by atoms with van der Waals surface area (Å²) >= 11 is 1.57. The Morgan fingerprint density at radius 1 is 1.23 bits per heavy atom. The summed E-state index contributed by atoms with van der Waals surface area (Å²) in [6, 6.07) is 7.89. The first-order valence-electron chi connectivity index (χ1n) is 8.49. The van der Waals surface area contributed by atoms with E-state index in [1.54, 1.807) is 40.9 Å². The van der Waals surface area contributed by atoms with Crippen LogP contribution in [0.1, 0.15) is 16.8 Å². The van der Waals surface area contributed by atoms with E-state index in [2.05, 4.69) is 5.32 Å². The van der Waals surface area contributed by atoms with Crippen molar-refractivity contribution < 1.29 is 23.9 Å². The first kappa shape index (κ1) is 20.3. The average molecular weight is 380 g/mol. The summed E-state index contributed by atoms with van der Waals surface area (Å²) in [5.41, 5.74) is 0.471. The quantitative estimate of drug-likeness (QED) is 0.676. The van der Waals surface area contributed by atoms with E-state index < -0.39 is 12.0 Å². The van der Waals surface area contributed by atoms with Gasteiger partial charge in [0.2, 0.25) is 0 Å². The van der Waals surface area contributed by atoms with Crippen LogP contribution in [0, 0.1) is 0 Å². The molecule has 8 heteroatoms. The Bertz CT molecular complexity index is 605. The standard InChI is InChI=1S/C18H24N2O5S/c1-26-12-7-15(19-17(22)14-5-3-2-4-6-14)18(23)25-13-16(21)20-8-10-24-11-9-20/h2-6,15H,7-13H2,1H3,(H,19,22)/t15-/m0/s1. The van der Waals surface area contributed by atoms with Gasteiger partial charge in [0.25, 0.3) is 11.8 Å². The number of rotatable bonds is 8. The number of ether oxygens (including phenoxy) is 2. The third-order valence-electron chi connectivity index (χ3n) is 3.94. The monoisotopic (exact) mass is 380 g/mol. The normalized spacial score (nSPS) is 15.2. The van der Waals surface area contributed by atoms with Gasteiger partial charge in [-0.25, -0.2) is 4.79 Å². The summed E-state index contributed by atoms with van der Waals surface area (Å²) in [4.78, 5) is 38.3. The summed E-state index contributed by atoms with van der Waals surface area (Å²) in [6.07, 6.45) is 2.35. The number of carbonyl (C=O) groups excluding carboxylic acids is 3. The Hall–Kier alpha value is -2.06. The van der Waals surface area contributed by atoms with E-state index >= 15 is 0 Å². The van der Waals surface area contributed by atoms with Gasteiger partial charge >= 0.3 is 5.97 Å². The zero-order valence-electron chi connectivity index (χ0n) is 14.8. The molecule has 26 heavy (non-hydrogen) atoms. The highest BCUT2D eigenvalue weighted by Gasteiger charge is 2.25. The van der Waals surface area contributed by atoms with Crippen LogP contribution in [0.25, 0.3) is 0 Å². The maximum Gasteiger partial charge on any atom is 0.329 e. The van der Waals surface area contributed by atoms with Gasteiger partial charge in [-0.15, -0.1) is 0 Å². The van der Waals surface area contributed by atoms with Crippen LogP contribution in [0.4, 0.5) is 0 Å². The molecule has 0 bridgehead atoms. The molecule has 1 atom stereocenters. The molecule has 1 aromatic rings. The molecule has 2 rings (SSSR count). The lowest BCUT2D eigenvalue weighted by atomic mass is 10.1. The van der Waals surface area contributed by atoms with E-state index in [0.717, 1.165) is 0 Å². The van der Waals surface area contributed by atoms with E-state index in [1.165, 1.54) is 0 Å². The van der Waals surface area contributed by atoms with Crippen LogP contribution in [0.2, 0.25) is 0 Å². The molecule has 1 aromatic carbocycles. The maximum absolute atomic E-state index is 12.4. The molecule has 0 radical (unpaired) electrons. The van der Waals surface area contributed by atoms with E-state index in [4.69, 9.17) is 9.47 Å². The molecule has 0 unspecified atom stereocenters. The Labute approximate surface area is 157 Å². The molecule has 142 valence electrons. The van der Waals surface area contributed by atoms with Crippen molar-refractivity contribution >= 4 is 29.5 Å². The predicted molar refractivity (Wildman–Crippen MR) is 99.1 cm³/mol. The van der Waals surface area contributed by atoms with Gasteiger partial charge in [0.15, 0.2) is 6.61 Å². The zero-order valence-corrected chi connectivity index (χ0v) is 15.6. The number of hydrogen-bond acceptors (Lipinski definition) is 6. The second-order valence-corrected chi connectivity index (χ2v) is 6.76. The highest BCUT2D eigenvalue weighted by atomic mass is 32.2. The van der Waals surface area contributed by atoms with Gasteiger partial charge in [0, 0.05) is 18.7 Å². The second kappa shape index (κ2) is 10.8. The van der Waals surface area contributed by atoms with E-state index in [0.29, 0.717) is 44.0 Å². The zero-order chi connectivity index (χ0) is 18.8. The summed E-state index contributed by atoms with van der Waals surface area (Å²) in [5, 5.41) is 2.70. The lowest BCUT2D eigenvalue weighted by Crippen LogP contribution is -2.45. The van der Waals surface area contributed by atoms with Crippen molar-refractivity contribution in [3.05, 3.63) is 35.9 Å². The molecule has 2 amide bonds. The van der Waals surface area contributed by atoms with Crippen molar-refractivity contribution in [2.24, 2.45) is 0 Å².